The summed E-state index contributed by atoms with van der Waals surface area (Å²) < 4.78 is 8.60. The molecule has 0 bridgehead atoms. The summed E-state index contributed by atoms with van der Waals surface area (Å²) in [6, 6.07) is 7.27. The number of hydrogen-bond acceptors (Lipinski definition) is 7. The summed E-state index contributed by atoms with van der Waals surface area (Å²) in [5.74, 6) is 0.821. The molecule has 2 aromatic heterocycles. The monoisotopic (exact) mass is 484 g/mol. The maximum atomic E-state index is 12.9. The Hall–Kier alpha value is -3.34. The molecule has 0 N–H and O–H groups in total. The van der Waals surface area contributed by atoms with Gasteiger partial charge < -0.3 is 14.5 Å². The van der Waals surface area contributed by atoms with Gasteiger partial charge in [0.25, 0.3) is 5.56 Å². The number of allylic oxidation sites excluding steroid dienone is 1. The standard InChI is InChI=1S/C23H28N6O4S/c1-4-9-28-20(31)17-7-5-6-8-18(17)29-21(28)24-25-22(29)34-15-19(30)26-10-12-27(13-11-26)23(32)33-14-16(2)3/h4-8,16H,1,9-15H2,2-3H3. The fourth-order valence-electron chi connectivity index (χ4n) is 3.81. The topological polar surface area (TPSA) is 102 Å². The van der Waals surface area contributed by atoms with E-state index in [1.165, 1.54) is 16.3 Å². The Morgan fingerprint density at radius 1 is 1.15 bits per heavy atom. The third-order valence-electron chi connectivity index (χ3n) is 5.55. The van der Waals surface area contributed by atoms with E-state index in [1.54, 1.807) is 26.3 Å². The highest BCUT2D eigenvalue weighted by atomic mass is 32.2. The highest BCUT2D eigenvalue weighted by Crippen LogP contribution is 2.22. The number of piperazine rings is 1. The Labute approximate surface area is 201 Å². The first-order valence-electron chi connectivity index (χ1n) is 11.2. The van der Waals surface area contributed by atoms with Gasteiger partial charge in [-0.15, -0.1) is 16.8 Å². The van der Waals surface area contributed by atoms with Crippen LogP contribution in [-0.4, -0.2) is 79.5 Å². The first-order valence-corrected chi connectivity index (χ1v) is 12.2. The fourth-order valence-corrected chi connectivity index (χ4v) is 4.65. The number of para-hydroxylation sites is 1. The lowest BCUT2D eigenvalue weighted by Gasteiger charge is -2.34. The Kier molecular flexibility index (Phi) is 7.20. The summed E-state index contributed by atoms with van der Waals surface area (Å²) in [5, 5.41) is 9.56. The lowest BCUT2D eigenvalue weighted by Crippen LogP contribution is -2.51. The number of fused-ring (bicyclic) bond motifs is 3. The van der Waals surface area contributed by atoms with Crippen LogP contribution in [0.1, 0.15) is 13.8 Å². The summed E-state index contributed by atoms with van der Waals surface area (Å²) in [7, 11) is 0. The van der Waals surface area contributed by atoms with Gasteiger partial charge in [-0.05, 0) is 18.1 Å². The van der Waals surface area contributed by atoms with Crippen molar-refractivity contribution in [3.05, 3.63) is 47.3 Å². The molecule has 3 heterocycles. The van der Waals surface area contributed by atoms with Gasteiger partial charge in [-0.2, -0.15) is 0 Å². The zero-order chi connectivity index (χ0) is 24.2. The second-order valence-corrected chi connectivity index (χ2v) is 9.41. The highest BCUT2D eigenvalue weighted by Gasteiger charge is 2.26. The lowest BCUT2D eigenvalue weighted by molar-refractivity contribution is -0.129. The van der Waals surface area contributed by atoms with Gasteiger partial charge in [0.05, 0.1) is 23.3 Å². The Bertz CT molecular complexity index is 1280. The van der Waals surface area contributed by atoms with E-state index >= 15 is 0 Å². The van der Waals surface area contributed by atoms with Crippen molar-refractivity contribution in [2.24, 2.45) is 5.92 Å². The molecule has 11 heteroatoms. The van der Waals surface area contributed by atoms with Crippen molar-refractivity contribution < 1.29 is 14.3 Å². The molecular formula is C23H28N6O4S. The minimum Gasteiger partial charge on any atom is -0.449 e. The SMILES string of the molecule is C=CCn1c(=O)c2ccccc2n2c(SCC(=O)N3CCN(C(=O)OCC(C)C)CC3)nnc12. The molecule has 0 atom stereocenters. The average Bonchev–Trinajstić information content (AvgIpc) is 3.27. The second-order valence-electron chi connectivity index (χ2n) is 8.47. The van der Waals surface area contributed by atoms with Gasteiger partial charge in [0.1, 0.15) is 0 Å². The molecule has 0 spiro atoms. The van der Waals surface area contributed by atoms with Crippen molar-refractivity contribution in [2.75, 3.05) is 38.5 Å². The van der Waals surface area contributed by atoms with Crippen LogP contribution in [0.2, 0.25) is 0 Å². The maximum absolute atomic E-state index is 12.9. The van der Waals surface area contributed by atoms with E-state index in [-0.39, 0.29) is 29.2 Å². The van der Waals surface area contributed by atoms with E-state index in [0.717, 1.165) is 0 Å². The zero-order valence-corrected chi connectivity index (χ0v) is 20.2. The average molecular weight is 485 g/mol. The van der Waals surface area contributed by atoms with E-state index in [9.17, 15) is 14.4 Å². The highest BCUT2D eigenvalue weighted by molar-refractivity contribution is 7.99. The van der Waals surface area contributed by atoms with Crippen LogP contribution in [0.15, 0.2) is 46.9 Å². The summed E-state index contributed by atoms with van der Waals surface area (Å²) in [5.41, 5.74) is 0.532. The Morgan fingerprint density at radius 2 is 1.85 bits per heavy atom. The number of nitrogens with zero attached hydrogens (tertiary/aromatic N) is 6. The third kappa shape index (κ3) is 4.79. The maximum Gasteiger partial charge on any atom is 0.409 e. The number of benzene rings is 1. The summed E-state index contributed by atoms with van der Waals surface area (Å²) in [6.07, 6.45) is 1.31. The molecule has 4 rings (SSSR count). The van der Waals surface area contributed by atoms with Crippen LogP contribution >= 0.6 is 11.8 Å². The van der Waals surface area contributed by atoms with E-state index in [2.05, 4.69) is 16.8 Å². The van der Waals surface area contributed by atoms with Crippen molar-refractivity contribution in [2.45, 2.75) is 25.5 Å². The van der Waals surface area contributed by atoms with Crippen LogP contribution in [0.3, 0.4) is 0 Å². The molecule has 180 valence electrons. The van der Waals surface area contributed by atoms with Crippen LogP contribution in [0.25, 0.3) is 16.7 Å². The molecule has 0 unspecified atom stereocenters. The number of hydrogen-bond donors (Lipinski definition) is 0. The molecule has 1 aliphatic heterocycles. The molecule has 2 amide bonds. The molecule has 1 aliphatic rings. The summed E-state index contributed by atoms with van der Waals surface area (Å²) in [6.45, 7) is 10.2. The minimum absolute atomic E-state index is 0.0410. The normalized spacial score (nSPS) is 14.2. The first kappa shape index (κ1) is 23.8. The van der Waals surface area contributed by atoms with Gasteiger partial charge in [0, 0.05) is 32.7 Å². The van der Waals surface area contributed by atoms with E-state index < -0.39 is 0 Å². The van der Waals surface area contributed by atoms with Crippen molar-refractivity contribution in [1.29, 1.82) is 0 Å². The van der Waals surface area contributed by atoms with Gasteiger partial charge in [-0.1, -0.05) is 43.8 Å². The van der Waals surface area contributed by atoms with Crippen LogP contribution in [0, 0.1) is 5.92 Å². The van der Waals surface area contributed by atoms with Crippen LogP contribution in [-0.2, 0) is 16.1 Å². The molecule has 34 heavy (non-hydrogen) atoms. The third-order valence-corrected chi connectivity index (χ3v) is 6.46. The number of rotatable bonds is 7. The van der Waals surface area contributed by atoms with Gasteiger partial charge >= 0.3 is 6.09 Å². The van der Waals surface area contributed by atoms with Gasteiger partial charge in [-0.3, -0.25) is 18.6 Å². The van der Waals surface area contributed by atoms with E-state index in [4.69, 9.17) is 4.74 Å². The van der Waals surface area contributed by atoms with Crippen molar-refractivity contribution in [1.82, 2.24) is 29.0 Å². The summed E-state index contributed by atoms with van der Waals surface area (Å²) >= 11 is 1.28. The van der Waals surface area contributed by atoms with E-state index in [0.29, 0.717) is 61.2 Å². The first-order chi connectivity index (χ1) is 16.4. The van der Waals surface area contributed by atoms with Crippen LogP contribution < -0.4 is 5.56 Å². The summed E-state index contributed by atoms with van der Waals surface area (Å²) in [4.78, 5) is 41.3. The molecule has 1 saturated heterocycles. The number of ether oxygens (including phenoxy) is 1. The van der Waals surface area contributed by atoms with E-state index in [1.807, 2.05) is 32.0 Å². The molecule has 1 aromatic carbocycles. The number of carbonyl (C=O) groups is 2. The number of aromatic nitrogens is 4. The molecule has 1 fully saturated rings. The largest absolute Gasteiger partial charge is 0.449 e. The fraction of sp³-hybridized carbons (Fsp3) is 0.435. The lowest BCUT2D eigenvalue weighted by atomic mass is 10.2. The van der Waals surface area contributed by atoms with Gasteiger partial charge in [-0.25, -0.2) is 4.79 Å². The smallest absolute Gasteiger partial charge is 0.409 e. The number of amides is 2. The molecule has 0 radical (unpaired) electrons. The molecule has 10 nitrogen and oxygen atoms in total. The number of thioether (sulfide) groups is 1. The predicted molar refractivity (Wildman–Crippen MR) is 130 cm³/mol. The quantitative estimate of drug-likeness (QED) is 0.374. The molecular weight excluding hydrogens is 456 g/mol. The molecule has 3 aromatic rings. The van der Waals surface area contributed by atoms with Crippen molar-refractivity contribution in [3.63, 3.8) is 0 Å². The van der Waals surface area contributed by atoms with Crippen molar-refractivity contribution in [3.8, 4) is 0 Å². The Morgan fingerprint density at radius 3 is 2.56 bits per heavy atom. The second kappa shape index (κ2) is 10.3. The van der Waals surface area contributed by atoms with Gasteiger partial charge in [0.2, 0.25) is 11.7 Å². The minimum atomic E-state index is -0.331. The van der Waals surface area contributed by atoms with Crippen LogP contribution in [0.5, 0.6) is 0 Å². The molecule has 0 saturated carbocycles. The van der Waals surface area contributed by atoms with Crippen LogP contribution in [0.4, 0.5) is 4.79 Å². The predicted octanol–water partition coefficient (Wildman–Crippen LogP) is 2.26. The zero-order valence-electron chi connectivity index (χ0n) is 19.3. The number of carbonyl (C=O) groups excluding carboxylic acids is 2. The molecule has 0 aliphatic carbocycles. The Balaban J connectivity index is 1.45. The van der Waals surface area contributed by atoms with Crippen molar-refractivity contribution >= 4 is 40.4 Å². The van der Waals surface area contributed by atoms with Gasteiger partial charge in [0.15, 0.2) is 5.16 Å².